The molecule has 110 valence electrons. The third-order valence-corrected chi connectivity index (χ3v) is 3.94. The molecule has 0 bridgehead atoms. The van der Waals surface area contributed by atoms with Crippen molar-refractivity contribution in [2.45, 2.75) is 32.2 Å². The number of benzene rings is 1. The molecule has 1 saturated heterocycles. The van der Waals surface area contributed by atoms with Crippen LogP contribution in [0.15, 0.2) is 30.5 Å². The molecular weight excluding hydrogens is 264 g/mol. The molecule has 2 heterocycles. The Kier molecular flexibility index (Phi) is 3.84. The van der Waals surface area contributed by atoms with Crippen molar-refractivity contribution in [1.29, 1.82) is 0 Å². The summed E-state index contributed by atoms with van der Waals surface area (Å²) < 4.78 is 1.78. The zero-order chi connectivity index (χ0) is 14.8. The van der Waals surface area contributed by atoms with Gasteiger partial charge in [-0.25, -0.2) is 4.68 Å². The van der Waals surface area contributed by atoms with Crippen molar-refractivity contribution in [1.82, 2.24) is 20.3 Å². The summed E-state index contributed by atoms with van der Waals surface area (Å²) in [7, 11) is 0. The zero-order valence-electron chi connectivity index (χ0n) is 12.4. The number of nitrogens with one attached hydrogen (secondary N) is 1. The van der Waals surface area contributed by atoms with Crippen molar-refractivity contribution in [3.8, 4) is 0 Å². The lowest BCUT2D eigenvalue weighted by molar-refractivity contribution is 0.0988. The molecule has 0 amide bonds. The summed E-state index contributed by atoms with van der Waals surface area (Å²) in [6.45, 7) is 6.11. The van der Waals surface area contributed by atoms with Crippen molar-refractivity contribution in [3.05, 3.63) is 47.3 Å². The maximum absolute atomic E-state index is 12.2. The molecule has 5 heteroatoms. The molecule has 1 aliphatic rings. The van der Waals surface area contributed by atoms with Gasteiger partial charge in [0.25, 0.3) is 0 Å². The summed E-state index contributed by atoms with van der Waals surface area (Å²) in [6.07, 6.45) is 2.14. The SMILES string of the molecule is CC(C)c1ccc(CC(=O)c2cn(C3CNC3)nn2)cc1. The molecule has 5 nitrogen and oxygen atoms in total. The second-order valence-corrected chi connectivity index (χ2v) is 5.89. The highest BCUT2D eigenvalue weighted by molar-refractivity contribution is 5.95. The number of hydrogen-bond donors (Lipinski definition) is 1. The molecule has 1 aromatic carbocycles. The Balaban J connectivity index is 1.66. The van der Waals surface area contributed by atoms with E-state index < -0.39 is 0 Å². The molecular formula is C16H20N4O. The largest absolute Gasteiger partial charge is 0.312 e. The highest BCUT2D eigenvalue weighted by Gasteiger charge is 2.21. The Bertz CT molecular complexity index is 626. The first-order valence-corrected chi connectivity index (χ1v) is 7.38. The average Bonchev–Trinajstić information content (AvgIpc) is 2.86. The van der Waals surface area contributed by atoms with E-state index in [1.165, 1.54) is 5.56 Å². The van der Waals surface area contributed by atoms with Crippen LogP contribution in [0, 0.1) is 0 Å². The second-order valence-electron chi connectivity index (χ2n) is 5.89. The number of ketones is 1. The van der Waals surface area contributed by atoms with Crippen molar-refractivity contribution in [3.63, 3.8) is 0 Å². The first-order chi connectivity index (χ1) is 10.1. The summed E-state index contributed by atoms with van der Waals surface area (Å²) in [6, 6.07) is 8.55. The minimum Gasteiger partial charge on any atom is -0.312 e. The summed E-state index contributed by atoms with van der Waals surface area (Å²) in [5, 5.41) is 11.2. The number of Topliss-reactive ketones (excluding diaryl/α,β-unsaturated/α-hetero) is 1. The number of nitrogens with zero attached hydrogens (tertiary/aromatic N) is 3. The first kappa shape index (κ1) is 13.9. The lowest BCUT2D eigenvalue weighted by atomic mass is 10.00. The van der Waals surface area contributed by atoms with Crippen molar-refractivity contribution in [2.75, 3.05) is 13.1 Å². The van der Waals surface area contributed by atoms with Gasteiger partial charge in [0, 0.05) is 19.5 Å². The Morgan fingerprint density at radius 3 is 2.62 bits per heavy atom. The molecule has 0 spiro atoms. The topological polar surface area (TPSA) is 59.8 Å². The van der Waals surface area contributed by atoms with E-state index in [-0.39, 0.29) is 5.78 Å². The van der Waals surface area contributed by atoms with Gasteiger partial charge in [0.15, 0.2) is 5.78 Å². The molecule has 0 radical (unpaired) electrons. The van der Waals surface area contributed by atoms with Crippen LogP contribution in [-0.2, 0) is 6.42 Å². The smallest absolute Gasteiger partial charge is 0.189 e. The van der Waals surface area contributed by atoms with Gasteiger partial charge >= 0.3 is 0 Å². The van der Waals surface area contributed by atoms with E-state index in [9.17, 15) is 4.79 Å². The number of carbonyl (C=O) groups is 1. The van der Waals surface area contributed by atoms with Crippen molar-refractivity contribution in [2.24, 2.45) is 0 Å². The third-order valence-electron chi connectivity index (χ3n) is 3.94. The van der Waals surface area contributed by atoms with Crippen molar-refractivity contribution < 1.29 is 4.79 Å². The molecule has 1 fully saturated rings. The van der Waals surface area contributed by atoms with Gasteiger partial charge in [-0.2, -0.15) is 0 Å². The molecule has 0 saturated carbocycles. The van der Waals surface area contributed by atoms with E-state index in [0.717, 1.165) is 18.7 Å². The summed E-state index contributed by atoms with van der Waals surface area (Å²) in [4.78, 5) is 12.2. The third kappa shape index (κ3) is 3.03. The standard InChI is InChI=1S/C16H20N4O/c1-11(2)13-5-3-12(4-6-13)7-16(21)15-10-20(19-18-15)14-8-17-9-14/h3-6,10-11,14,17H,7-9H2,1-2H3. The Morgan fingerprint density at radius 1 is 1.33 bits per heavy atom. The molecule has 0 aliphatic carbocycles. The number of carbonyl (C=O) groups excluding carboxylic acids is 1. The Hall–Kier alpha value is -2.01. The highest BCUT2D eigenvalue weighted by atomic mass is 16.1. The van der Waals surface area contributed by atoms with Crippen LogP contribution < -0.4 is 5.32 Å². The molecule has 1 aromatic heterocycles. The fraction of sp³-hybridized carbons (Fsp3) is 0.438. The van der Waals surface area contributed by atoms with Crippen LogP contribution in [0.3, 0.4) is 0 Å². The molecule has 0 atom stereocenters. The van der Waals surface area contributed by atoms with E-state index >= 15 is 0 Å². The Labute approximate surface area is 124 Å². The summed E-state index contributed by atoms with van der Waals surface area (Å²) >= 11 is 0. The number of aromatic nitrogens is 3. The monoisotopic (exact) mass is 284 g/mol. The average molecular weight is 284 g/mol. The van der Waals surface area contributed by atoms with Crippen LogP contribution in [-0.4, -0.2) is 33.9 Å². The molecule has 1 aliphatic heterocycles. The predicted molar refractivity (Wildman–Crippen MR) is 80.5 cm³/mol. The minimum absolute atomic E-state index is 0.0193. The fourth-order valence-corrected chi connectivity index (χ4v) is 2.34. The van der Waals surface area contributed by atoms with Crippen LogP contribution in [0.1, 0.15) is 47.4 Å². The van der Waals surface area contributed by atoms with Crippen LogP contribution in [0.25, 0.3) is 0 Å². The van der Waals surface area contributed by atoms with Gasteiger partial charge in [-0.05, 0) is 17.0 Å². The normalized spacial score (nSPS) is 15.2. The fourth-order valence-electron chi connectivity index (χ4n) is 2.34. The molecule has 2 aromatic rings. The summed E-state index contributed by atoms with van der Waals surface area (Å²) in [5.41, 5.74) is 2.76. The lowest BCUT2D eigenvalue weighted by Gasteiger charge is -2.26. The van der Waals surface area contributed by atoms with Gasteiger partial charge in [-0.3, -0.25) is 4.79 Å². The van der Waals surface area contributed by atoms with E-state index in [1.54, 1.807) is 10.9 Å². The maximum Gasteiger partial charge on any atom is 0.189 e. The van der Waals surface area contributed by atoms with Gasteiger partial charge in [-0.15, -0.1) is 5.10 Å². The van der Waals surface area contributed by atoms with E-state index in [4.69, 9.17) is 0 Å². The zero-order valence-corrected chi connectivity index (χ0v) is 12.4. The van der Waals surface area contributed by atoms with Gasteiger partial charge in [0.2, 0.25) is 0 Å². The Morgan fingerprint density at radius 2 is 2.05 bits per heavy atom. The summed E-state index contributed by atoms with van der Waals surface area (Å²) in [5.74, 6) is 0.525. The van der Waals surface area contributed by atoms with Gasteiger partial charge < -0.3 is 5.32 Å². The molecule has 3 rings (SSSR count). The lowest BCUT2D eigenvalue weighted by Crippen LogP contribution is -2.43. The van der Waals surface area contributed by atoms with Crippen LogP contribution in [0.4, 0.5) is 0 Å². The maximum atomic E-state index is 12.2. The van der Waals surface area contributed by atoms with Crippen LogP contribution >= 0.6 is 0 Å². The van der Waals surface area contributed by atoms with Crippen LogP contribution in [0.2, 0.25) is 0 Å². The van der Waals surface area contributed by atoms with Gasteiger partial charge in [0.1, 0.15) is 5.69 Å². The predicted octanol–water partition coefficient (Wildman–Crippen LogP) is 1.97. The minimum atomic E-state index is 0.0193. The van der Waals surface area contributed by atoms with E-state index in [0.29, 0.717) is 24.1 Å². The van der Waals surface area contributed by atoms with E-state index in [1.807, 2.05) is 12.1 Å². The molecule has 21 heavy (non-hydrogen) atoms. The first-order valence-electron chi connectivity index (χ1n) is 7.38. The van der Waals surface area contributed by atoms with Gasteiger partial charge in [0.05, 0.1) is 12.2 Å². The van der Waals surface area contributed by atoms with Crippen molar-refractivity contribution >= 4 is 5.78 Å². The van der Waals surface area contributed by atoms with E-state index in [2.05, 4.69) is 41.6 Å². The molecule has 1 N–H and O–H groups in total. The van der Waals surface area contributed by atoms with Crippen LogP contribution in [0.5, 0.6) is 0 Å². The number of hydrogen-bond acceptors (Lipinski definition) is 4. The highest BCUT2D eigenvalue weighted by Crippen LogP contribution is 2.16. The van der Waals surface area contributed by atoms with Gasteiger partial charge in [-0.1, -0.05) is 43.3 Å². The quantitative estimate of drug-likeness (QED) is 0.853. The number of rotatable bonds is 5. The second kappa shape index (κ2) is 5.77. The molecule has 0 unspecified atom stereocenters.